The van der Waals surface area contributed by atoms with Gasteiger partial charge in [-0.15, -0.1) is 0 Å². The van der Waals surface area contributed by atoms with Crippen molar-refractivity contribution < 1.29 is 8.42 Å². The number of sulfone groups is 1. The summed E-state index contributed by atoms with van der Waals surface area (Å²) in [7, 11) is -2.98. The van der Waals surface area contributed by atoms with E-state index in [1.165, 1.54) is 6.26 Å². The van der Waals surface area contributed by atoms with E-state index in [9.17, 15) is 8.42 Å². The van der Waals surface area contributed by atoms with Crippen LogP contribution in [-0.4, -0.2) is 32.0 Å². The SMILES string of the molecule is CS(=O)(=O)CCNc1ccnc2c(Cl)cc(Br)cc12. The van der Waals surface area contributed by atoms with Gasteiger partial charge in [0.15, 0.2) is 0 Å². The molecule has 1 aromatic heterocycles. The molecule has 0 aliphatic carbocycles. The Kier molecular flexibility index (Phi) is 4.32. The van der Waals surface area contributed by atoms with Crippen LogP contribution in [0, 0.1) is 0 Å². The number of fused-ring (bicyclic) bond motifs is 1. The molecule has 0 amide bonds. The van der Waals surface area contributed by atoms with Gasteiger partial charge < -0.3 is 5.32 Å². The average molecular weight is 364 g/mol. The van der Waals surface area contributed by atoms with Crippen LogP contribution in [0.25, 0.3) is 10.9 Å². The lowest BCUT2D eigenvalue weighted by Gasteiger charge is -2.10. The maximum Gasteiger partial charge on any atom is 0.149 e. The van der Waals surface area contributed by atoms with Crippen LogP contribution in [0.1, 0.15) is 0 Å². The van der Waals surface area contributed by atoms with Gasteiger partial charge >= 0.3 is 0 Å². The fourth-order valence-electron chi connectivity index (χ4n) is 1.70. The van der Waals surface area contributed by atoms with Crippen LogP contribution in [0.15, 0.2) is 28.9 Å². The normalized spacial score (nSPS) is 11.7. The number of hydrogen-bond donors (Lipinski definition) is 1. The highest BCUT2D eigenvalue weighted by Crippen LogP contribution is 2.30. The van der Waals surface area contributed by atoms with Crippen molar-refractivity contribution in [2.24, 2.45) is 0 Å². The summed E-state index contributed by atoms with van der Waals surface area (Å²) in [6.45, 7) is 0.349. The zero-order valence-corrected chi connectivity index (χ0v) is 13.3. The van der Waals surface area contributed by atoms with Crippen molar-refractivity contribution in [2.45, 2.75) is 0 Å². The molecule has 0 atom stereocenters. The second-order valence-corrected chi connectivity index (χ2v) is 7.78. The summed E-state index contributed by atoms with van der Waals surface area (Å²) >= 11 is 9.51. The molecule has 0 spiro atoms. The zero-order valence-electron chi connectivity index (χ0n) is 10.2. The molecule has 0 fully saturated rings. The van der Waals surface area contributed by atoms with Gasteiger partial charge in [0.25, 0.3) is 0 Å². The first kappa shape index (κ1) is 14.6. The van der Waals surface area contributed by atoms with Crippen molar-refractivity contribution >= 4 is 54.0 Å². The van der Waals surface area contributed by atoms with Crippen LogP contribution in [0.5, 0.6) is 0 Å². The first-order chi connectivity index (χ1) is 8.87. The molecule has 1 heterocycles. The number of aromatic nitrogens is 1. The Labute approximate surface area is 125 Å². The van der Waals surface area contributed by atoms with E-state index in [-0.39, 0.29) is 5.75 Å². The third kappa shape index (κ3) is 3.81. The molecule has 0 aliphatic heterocycles. The minimum Gasteiger partial charge on any atom is -0.383 e. The monoisotopic (exact) mass is 362 g/mol. The van der Waals surface area contributed by atoms with Crippen LogP contribution in [0.4, 0.5) is 5.69 Å². The quantitative estimate of drug-likeness (QED) is 0.907. The molecule has 1 N–H and O–H groups in total. The molecule has 19 heavy (non-hydrogen) atoms. The third-order valence-corrected chi connectivity index (χ3v) is 4.24. The van der Waals surface area contributed by atoms with Gasteiger partial charge in [0.2, 0.25) is 0 Å². The number of nitrogens with one attached hydrogen (secondary N) is 1. The topological polar surface area (TPSA) is 59.1 Å². The minimum atomic E-state index is -2.98. The van der Waals surface area contributed by atoms with Crippen molar-refractivity contribution in [1.82, 2.24) is 4.98 Å². The summed E-state index contributed by atoms with van der Waals surface area (Å²) in [5.41, 5.74) is 1.51. The number of halogens is 2. The fourth-order valence-corrected chi connectivity index (χ4v) is 3.03. The molecule has 0 radical (unpaired) electrons. The van der Waals surface area contributed by atoms with Crippen LogP contribution in [0.3, 0.4) is 0 Å². The molecule has 7 heteroatoms. The lowest BCUT2D eigenvalue weighted by atomic mass is 10.2. The van der Waals surface area contributed by atoms with Gasteiger partial charge in [-0.2, -0.15) is 0 Å². The first-order valence-corrected chi connectivity index (χ1v) is 8.75. The summed E-state index contributed by atoms with van der Waals surface area (Å²) in [6, 6.07) is 5.47. The number of benzene rings is 1. The molecular weight excluding hydrogens is 352 g/mol. The van der Waals surface area contributed by atoms with Gasteiger partial charge in [-0.1, -0.05) is 27.5 Å². The molecular formula is C12H12BrClN2O2S. The number of hydrogen-bond acceptors (Lipinski definition) is 4. The van der Waals surface area contributed by atoms with Crippen molar-refractivity contribution in [3.63, 3.8) is 0 Å². The zero-order chi connectivity index (χ0) is 14.0. The highest BCUT2D eigenvalue weighted by Gasteiger charge is 2.08. The van der Waals surface area contributed by atoms with Crippen LogP contribution in [0.2, 0.25) is 5.02 Å². The Morgan fingerprint density at radius 3 is 2.84 bits per heavy atom. The highest BCUT2D eigenvalue weighted by molar-refractivity contribution is 9.10. The Morgan fingerprint density at radius 1 is 1.42 bits per heavy atom. The van der Waals surface area contributed by atoms with Crippen molar-refractivity contribution in [2.75, 3.05) is 23.9 Å². The van der Waals surface area contributed by atoms with E-state index in [2.05, 4.69) is 26.2 Å². The predicted molar refractivity (Wildman–Crippen MR) is 82.7 cm³/mol. The number of rotatable bonds is 4. The van der Waals surface area contributed by atoms with E-state index >= 15 is 0 Å². The maximum atomic E-state index is 11.1. The van der Waals surface area contributed by atoms with Crippen molar-refractivity contribution in [3.05, 3.63) is 33.9 Å². The highest BCUT2D eigenvalue weighted by atomic mass is 79.9. The number of pyridine rings is 1. The smallest absolute Gasteiger partial charge is 0.149 e. The molecule has 0 unspecified atom stereocenters. The third-order valence-electron chi connectivity index (χ3n) is 2.55. The Balaban J connectivity index is 2.33. The largest absolute Gasteiger partial charge is 0.383 e. The van der Waals surface area contributed by atoms with Crippen LogP contribution < -0.4 is 5.32 Å². The molecule has 0 bridgehead atoms. The van der Waals surface area contributed by atoms with Gasteiger partial charge in [0.1, 0.15) is 9.84 Å². The molecule has 2 rings (SSSR count). The van der Waals surface area contributed by atoms with Gasteiger partial charge in [-0.05, 0) is 18.2 Å². The molecule has 2 aromatic rings. The summed E-state index contributed by atoms with van der Waals surface area (Å²) in [5.74, 6) is 0.0819. The molecule has 102 valence electrons. The summed E-state index contributed by atoms with van der Waals surface area (Å²) in [5, 5.41) is 4.51. The molecule has 4 nitrogen and oxygen atoms in total. The summed E-state index contributed by atoms with van der Waals surface area (Å²) in [6.07, 6.45) is 2.86. The lowest BCUT2D eigenvalue weighted by molar-refractivity contribution is 0.602. The molecule has 1 aromatic carbocycles. The first-order valence-electron chi connectivity index (χ1n) is 5.52. The maximum absolute atomic E-state index is 11.1. The standard InChI is InChI=1S/C12H12BrClN2O2S/c1-19(17,18)5-4-15-11-2-3-16-12-9(11)6-8(13)7-10(12)14/h2-3,6-7H,4-5H2,1H3,(H,15,16). The minimum absolute atomic E-state index is 0.0819. The van der Waals surface area contributed by atoms with Gasteiger partial charge in [-0.25, -0.2) is 8.42 Å². The van der Waals surface area contributed by atoms with Crippen molar-refractivity contribution in [3.8, 4) is 0 Å². The van der Waals surface area contributed by atoms with Gasteiger partial charge in [-0.3, -0.25) is 4.98 Å². The lowest BCUT2D eigenvalue weighted by Crippen LogP contribution is -2.14. The molecule has 0 aliphatic rings. The average Bonchev–Trinajstić information content (AvgIpc) is 2.28. The van der Waals surface area contributed by atoms with E-state index in [1.807, 2.05) is 6.07 Å². The Bertz CT molecular complexity index is 719. The second kappa shape index (κ2) is 5.64. The van der Waals surface area contributed by atoms with Crippen LogP contribution in [-0.2, 0) is 9.84 Å². The van der Waals surface area contributed by atoms with Crippen LogP contribution >= 0.6 is 27.5 Å². The van der Waals surface area contributed by atoms with Gasteiger partial charge in [0, 0.05) is 34.5 Å². The Morgan fingerprint density at radius 2 is 2.16 bits per heavy atom. The van der Waals surface area contributed by atoms with Gasteiger partial charge in [0.05, 0.1) is 16.3 Å². The van der Waals surface area contributed by atoms with E-state index in [1.54, 1.807) is 18.3 Å². The predicted octanol–water partition coefficient (Wildman–Crippen LogP) is 3.11. The number of anilines is 1. The van der Waals surface area contributed by atoms with E-state index in [4.69, 9.17) is 11.6 Å². The summed E-state index contributed by atoms with van der Waals surface area (Å²) in [4.78, 5) is 4.23. The second-order valence-electron chi connectivity index (χ2n) is 4.20. The molecule has 0 saturated heterocycles. The summed E-state index contributed by atoms with van der Waals surface area (Å²) < 4.78 is 23.1. The molecule has 0 saturated carbocycles. The fraction of sp³-hybridized carbons (Fsp3) is 0.250. The Hall–Kier alpha value is -0.850. The van der Waals surface area contributed by atoms with E-state index < -0.39 is 9.84 Å². The van der Waals surface area contributed by atoms with E-state index in [0.29, 0.717) is 17.1 Å². The number of nitrogens with zero attached hydrogens (tertiary/aromatic N) is 1. The van der Waals surface area contributed by atoms with Crippen molar-refractivity contribution in [1.29, 1.82) is 0 Å². The van der Waals surface area contributed by atoms with E-state index in [0.717, 1.165) is 15.5 Å².